The van der Waals surface area contributed by atoms with Gasteiger partial charge in [-0.25, -0.2) is 0 Å². The highest BCUT2D eigenvalue weighted by Gasteiger charge is 2.16. The van der Waals surface area contributed by atoms with Crippen LogP contribution in [0.15, 0.2) is 24.3 Å². The van der Waals surface area contributed by atoms with Crippen molar-refractivity contribution in [2.45, 2.75) is 32.9 Å². The fourth-order valence-corrected chi connectivity index (χ4v) is 2.37. The van der Waals surface area contributed by atoms with Gasteiger partial charge in [0, 0.05) is 13.1 Å². The van der Waals surface area contributed by atoms with Crippen LogP contribution in [0.3, 0.4) is 0 Å². The number of piperidine rings is 1. The second-order valence-corrected chi connectivity index (χ2v) is 4.93. The van der Waals surface area contributed by atoms with Gasteiger partial charge in [-0.2, -0.15) is 0 Å². The zero-order chi connectivity index (χ0) is 11.4. The number of nitrogens with zero attached hydrogens (tertiary/aromatic N) is 1. The summed E-state index contributed by atoms with van der Waals surface area (Å²) in [5.41, 5.74) is 8.45. The van der Waals surface area contributed by atoms with Crippen LogP contribution in [0.25, 0.3) is 0 Å². The minimum atomic E-state index is 0. The van der Waals surface area contributed by atoms with Crippen LogP contribution in [0.2, 0.25) is 0 Å². The number of likely N-dealkylation sites (tertiary alicyclic amines) is 1. The number of rotatable bonds is 3. The molecule has 0 atom stereocenters. The molecule has 0 radical (unpaired) electrons. The largest absolute Gasteiger partial charge is 0.326 e. The minimum absolute atomic E-state index is 0. The van der Waals surface area contributed by atoms with E-state index in [0.29, 0.717) is 6.54 Å². The van der Waals surface area contributed by atoms with Crippen molar-refractivity contribution in [3.63, 3.8) is 0 Å². The highest BCUT2D eigenvalue weighted by atomic mass is 35.5. The molecule has 1 aliphatic rings. The van der Waals surface area contributed by atoms with E-state index < -0.39 is 0 Å². The number of hydrogen-bond acceptors (Lipinski definition) is 2. The first-order chi connectivity index (χ1) is 7.79. The van der Waals surface area contributed by atoms with E-state index in [-0.39, 0.29) is 12.4 Å². The summed E-state index contributed by atoms with van der Waals surface area (Å²) in [4.78, 5) is 2.55. The Kier molecular flexibility index (Phi) is 5.96. The predicted octanol–water partition coefficient (Wildman–Crippen LogP) is 2.80. The van der Waals surface area contributed by atoms with Crippen molar-refractivity contribution in [3.05, 3.63) is 35.4 Å². The molecule has 1 fully saturated rings. The number of halogens is 1. The molecular weight excluding hydrogens is 232 g/mol. The fraction of sp³-hybridized carbons (Fsp3) is 0.571. The molecule has 1 heterocycles. The number of benzene rings is 1. The molecule has 0 unspecified atom stereocenters. The van der Waals surface area contributed by atoms with Crippen molar-refractivity contribution in [3.8, 4) is 0 Å². The molecule has 0 bridgehead atoms. The van der Waals surface area contributed by atoms with Crippen LogP contribution in [-0.4, -0.2) is 18.0 Å². The van der Waals surface area contributed by atoms with Gasteiger partial charge in [0.25, 0.3) is 0 Å². The Labute approximate surface area is 111 Å². The zero-order valence-corrected chi connectivity index (χ0v) is 11.4. The summed E-state index contributed by atoms with van der Waals surface area (Å²) >= 11 is 0. The van der Waals surface area contributed by atoms with Gasteiger partial charge in [0.1, 0.15) is 0 Å². The third kappa shape index (κ3) is 3.98. The van der Waals surface area contributed by atoms with Crippen LogP contribution in [-0.2, 0) is 13.1 Å². The van der Waals surface area contributed by atoms with Crippen molar-refractivity contribution in [1.29, 1.82) is 0 Å². The standard InChI is InChI=1S/C14H22N2.ClH/c1-12-6-8-16(9-7-12)11-14-5-3-2-4-13(14)10-15;/h2-5,12H,6-11,15H2,1H3;1H. The van der Waals surface area contributed by atoms with Crippen molar-refractivity contribution in [2.75, 3.05) is 13.1 Å². The van der Waals surface area contributed by atoms with Gasteiger partial charge in [-0.05, 0) is 43.0 Å². The van der Waals surface area contributed by atoms with Crippen LogP contribution in [0, 0.1) is 5.92 Å². The first-order valence-electron chi connectivity index (χ1n) is 6.29. The van der Waals surface area contributed by atoms with E-state index in [1.54, 1.807) is 0 Å². The lowest BCUT2D eigenvalue weighted by Gasteiger charge is -2.30. The molecule has 2 N–H and O–H groups in total. The molecule has 0 aliphatic carbocycles. The van der Waals surface area contributed by atoms with Gasteiger partial charge in [-0.1, -0.05) is 31.2 Å². The van der Waals surface area contributed by atoms with Crippen molar-refractivity contribution >= 4 is 12.4 Å². The molecule has 96 valence electrons. The Morgan fingerprint density at radius 2 is 1.76 bits per heavy atom. The second-order valence-electron chi connectivity index (χ2n) is 4.93. The van der Waals surface area contributed by atoms with E-state index >= 15 is 0 Å². The SMILES string of the molecule is CC1CCN(Cc2ccccc2CN)CC1.Cl. The van der Waals surface area contributed by atoms with Crippen LogP contribution >= 0.6 is 12.4 Å². The van der Waals surface area contributed by atoms with Gasteiger partial charge in [-0.3, -0.25) is 4.90 Å². The number of nitrogens with two attached hydrogens (primary N) is 1. The molecular formula is C14H23ClN2. The Hall–Kier alpha value is -0.570. The molecule has 1 saturated heterocycles. The maximum absolute atomic E-state index is 5.76. The van der Waals surface area contributed by atoms with E-state index in [1.807, 2.05) is 0 Å². The van der Waals surface area contributed by atoms with Gasteiger partial charge < -0.3 is 5.73 Å². The highest BCUT2D eigenvalue weighted by molar-refractivity contribution is 5.85. The monoisotopic (exact) mass is 254 g/mol. The lowest BCUT2D eigenvalue weighted by Crippen LogP contribution is -2.32. The average molecular weight is 255 g/mol. The van der Waals surface area contributed by atoms with Gasteiger partial charge in [0.15, 0.2) is 0 Å². The summed E-state index contributed by atoms with van der Waals surface area (Å²) in [6.45, 7) is 6.55. The van der Waals surface area contributed by atoms with Gasteiger partial charge >= 0.3 is 0 Å². The lowest BCUT2D eigenvalue weighted by atomic mass is 9.98. The van der Waals surface area contributed by atoms with Gasteiger partial charge in [-0.15, -0.1) is 12.4 Å². The predicted molar refractivity (Wildman–Crippen MR) is 75.3 cm³/mol. The smallest absolute Gasteiger partial charge is 0.0236 e. The topological polar surface area (TPSA) is 29.3 Å². The molecule has 3 heteroatoms. The molecule has 1 aromatic rings. The average Bonchev–Trinajstić information content (AvgIpc) is 2.33. The molecule has 2 rings (SSSR count). The summed E-state index contributed by atoms with van der Waals surface area (Å²) in [7, 11) is 0. The Bertz CT molecular complexity index is 333. The number of hydrogen-bond donors (Lipinski definition) is 1. The van der Waals surface area contributed by atoms with E-state index in [9.17, 15) is 0 Å². The molecule has 2 nitrogen and oxygen atoms in total. The normalized spacial score (nSPS) is 17.8. The first-order valence-corrected chi connectivity index (χ1v) is 6.29. The third-order valence-electron chi connectivity index (χ3n) is 3.61. The molecule has 0 saturated carbocycles. The molecule has 17 heavy (non-hydrogen) atoms. The maximum atomic E-state index is 5.76. The summed E-state index contributed by atoms with van der Waals surface area (Å²) in [6, 6.07) is 8.53. The van der Waals surface area contributed by atoms with Crippen molar-refractivity contribution in [2.24, 2.45) is 11.7 Å². The third-order valence-corrected chi connectivity index (χ3v) is 3.61. The molecule has 1 aliphatic heterocycles. The first kappa shape index (κ1) is 14.5. The molecule has 0 amide bonds. The Morgan fingerprint density at radius 1 is 1.18 bits per heavy atom. The van der Waals surface area contributed by atoms with Crippen LogP contribution in [0.1, 0.15) is 30.9 Å². The molecule has 0 aromatic heterocycles. The van der Waals surface area contributed by atoms with E-state index in [1.165, 1.54) is 37.1 Å². The van der Waals surface area contributed by atoms with E-state index in [0.717, 1.165) is 12.5 Å². The van der Waals surface area contributed by atoms with E-state index in [4.69, 9.17) is 5.73 Å². The van der Waals surface area contributed by atoms with Gasteiger partial charge in [0.2, 0.25) is 0 Å². The Morgan fingerprint density at radius 3 is 2.35 bits per heavy atom. The summed E-state index contributed by atoms with van der Waals surface area (Å²) in [6.07, 6.45) is 2.68. The quantitative estimate of drug-likeness (QED) is 0.899. The zero-order valence-electron chi connectivity index (χ0n) is 10.6. The highest BCUT2D eigenvalue weighted by Crippen LogP contribution is 2.19. The Balaban J connectivity index is 0.00000144. The second kappa shape index (κ2) is 7.00. The van der Waals surface area contributed by atoms with Crippen LogP contribution < -0.4 is 5.73 Å². The van der Waals surface area contributed by atoms with Crippen molar-refractivity contribution < 1.29 is 0 Å². The summed E-state index contributed by atoms with van der Waals surface area (Å²) < 4.78 is 0. The molecule has 1 aromatic carbocycles. The summed E-state index contributed by atoms with van der Waals surface area (Å²) in [5, 5.41) is 0. The minimum Gasteiger partial charge on any atom is -0.326 e. The van der Waals surface area contributed by atoms with E-state index in [2.05, 4.69) is 36.1 Å². The molecule has 0 spiro atoms. The lowest BCUT2D eigenvalue weighted by molar-refractivity contribution is 0.185. The van der Waals surface area contributed by atoms with Crippen molar-refractivity contribution in [1.82, 2.24) is 4.90 Å². The van der Waals surface area contributed by atoms with Crippen LogP contribution in [0.4, 0.5) is 0 Å². The fourth-order valence-electron chi connectivity index (χ4n) is 2.37. The maximum Gasteiger partial charge on any atom is 0.0236 e. The summed E-state index contributed by atoms with van der Waals surface area (Å²) in [5.74, 6) is 0.904. The van der Waals surface area contributed by atoms with Crippen LogP contribution in [0.5, 0.6) is 0 Å². The van der Waals surface area contributed by atoms with Gasteiger partial charge in [0.05, 0.1) is 0 Å².